The highest BCUT2D eigenvalue weighted by Gasteiger charge is 2.18. The summed E-state index contributed by atoms with van der Waals surface area (Å²) in [6, 6.07) is 9.08. The van der Waals surface area contributed by atoms with E-state index >= 15 is 0 Å². The van der Waals surface area contributed by atoms with E-state index in [4.69, 9.17) is 21.1 Å². The SMILES string of the molecule is COc1ccc(Cl)cc1NC(=O)[C@H](C)Oc1cc(C)cc(C)c1C. The molecule has 0 spiro atoms. The summed E-state index contributed by atoms with van der Waals surface area (Å²) in [5.74, 6) is 0.991. The van der Waals surface area contributed by atoms with Gasteiger partial charge in [0.15, 0.2) is 6.10 Å². The molecule has 2 aromatic rings. The van der Waals surface area contributed by atoms with Crippen molar-refractivity contribution in [2.24, 2.45) is 0 Å². The Labute approximate surface area is 147 Å². The van der Waals surface area contributed by atoms with Crippen LogP contribution in [0.1, 0.15) is 23.6 Å². The predicted molar refractivity (Wildman–Crippen MR) is 97.4 cm³/mol. The highest BCUT2D eigenvalue weighted by Crippen LogP contribution is 2.28. The molecular formula is C19H22ClNO3. The van der Waals surface area contributed by atoms with Crippen molar-refractivity contribution in [2.45, 2.75) is 33.8 Å². The molecule has 0 radical (unpaired) electrons. The van der Waals surface area contributed by atoms with Gasteiger partial charge in [-0.3, -0.25) is 4.79 Å². The largest absolute Gasteiger partial charge is 0.495 e. The minimum Gasteiger partial charge on any atom is -0.495 e. The molecule has 0 aliphatic rings. The van der Waals surface area contributed by atoms with Crippen molar-refractivity contribution in [1.82, 2.24) is 0 Å². The zero-order valence-electron chi connectivity index (χ0n) is 14.6. The minimum atomic E-state index is -0.659. The first kappa shape index (κ1) is 18.1. The lowest BCUT2D eigenvalue weighted by molar-refractivity contribution is -0.122. The van der Waals surface area contributed by atoms with Crippen molar-refractivity contribution in [2.75, 3.05) is 12.4 Å². The van der Waals surface area contributed by atoms with E-state index in [1.165, 1.54) is 7.11 Å². The van der Waals surface area contributed by atoms with Crippen molar-refractivity contribution < 1.29 is 14.3 Å². The molecule has 1 atom stereocenters. The number of aryl methyl sites for hydroxylation is 2. The fraction of sp³-hybridized carbons (Fsp3) is 0.316. The topological polar surface area (TPSA) is 47.6 Å². The number of hydrogen-bond donors (Lipinski definition) is 1. The lowest BCUT2D eigenvalue weighted by Crippen LogP contribution is -2.30. The first-order valence-corrected chi connectivity index (χ1v) is 8.08. The predicted octanol–water partition coefficient (Wildman–Crippen LogP) is 4.68. The molecule has 4 nitrogen and oxygen atoms in total. The molecule has 0 aromatic heterocycles. The molecule has 0 unspecified atom stereocenters. The number of carbonyl (C=O) groups is 1. The van der Waals surface area contributed by atoms with E-state index in [0.717, 1.165) is 16.7 Å². The van der Waals surface area contributed by atoms with Crippen LogP contribution in [-0.4, -0.2) is 19.1 Å². The maximum absolute atomic E-state index is 12.4. The summed E-state index contributed by atoms with van der Waals surface area (Å²) in [5, 5.41) is 3.32. The fourth-order valence-electron chi connectivity index (χ4n) is 2.38. The summed E-state index contributed by atoms with van der Waals surface area (Å²) < 4.78 is 11.1. The number of rotatable bonds is 5. The van der Waals surface area contributed by atoms with Crippen LogP contribution in [0.5, 0.6) is 11.5 Å². The number of benzene rings is 2. The van der Waals surface area contributed by atoms with E-state index in [1.54, 1.807) is 25.1 Å². The van der Waals surface area contributed by atoms with Crippen LogP contribution in [0, 0.1) is 20.8 Å². The summed E-state index contributed by atoms with van der Waals surface area (Å²) in [6.45, 7) is 7.72. The monoisotopic (exact) mass is 347 g/mol. The smallest absolute Gasteiger partial charge is 0.265 e. The Morgan fingerprint density at radius 3 is 2.50 bits per heavy atom. The van der Waals surface area contributed by atoms with Gasteiger partial charge < -0.3 is 14.8 Å². The minimum absolute atomic E-state index is 0.269. The molecular weight excluding hydrogens is 326 g/mol. The Morgan fingerprint density at radius 2 is 1.83 bits per heavy atom. The van der Waals surface area contributed by atoms with Crippen molar-refractivity contribution in [3.8, 4) is 11.5 Å². The standard InChI is InChI=1S/C19H22ClNO3/c1-11-8-12(2)13(3)18(9-11)24-14(4)19(22)21-16-10-15(20)6-7-17(16)23-5/h6-10,14H,1-5H3,(H,21,22)/t14-/m0/s1. The summed E-state index contributed by atoms with van der Waals surface area (Å²) in [6.07, 6.45) is -0.659. The van der Waals surface area contributed by atoms with Gasteiger partial charge >= 0.3 is 0 Å². The zero-order valence-corrected chi connectivity index (χ0v) is 15.3. The second-order valence-corrected chi connectivity index (χ2v) is 6.24. The van der Waals surface area contributed by atoms with Gasteiger partial charge in [-0.15, -0.1) is 0 Å². The number of methoxy groups -OCH3 is 1. The number of ether oxygens (including phenoxy) is 2. The maximum Gasteiger partial charge on any atom is 0.265 e. The van der Waals surface area contributed by atoms with E-state index in [0.29, 0.717) is 22.2 Å². The Hall–Kier alpha value is -2.20. The summed E-state index contributed by atoms with van der Waals surface area (Å²) in [4.78, 5) is 12.4. The molecule has 24 heavy (non-hydrogen) atoms. The van der Waals surface area contributed by atoms with Gasteiger partial charge in [-0.05, 0) is 68.7 Å². The van der Waals surface area contributed by atoms with Crippen molar-refractivity contribution in [3.63, 3.8) is 0 Å². The quantitative estimate of drug-likeness (QED) is 0.854. The Balaban J connectivity index is 2.15. The van der Waals surface area contributed by atoms with Gasteiger partial charge in [0, 0.05) is 5.02 Å². The van der Waals surface area contributed by atoms with Crippen LogP contribution in [0.3, 0.4) is 0 Å². The van der Waals surface area contributed by atoms with Crippen LogP contribution in [0.4, 0.5) is 5.69 Å². The van der Waals surface area contributed by atoms with Gasteiger partial charge in [0.05, 0.1) is 12.8 Å². The van der Waals surface area contributed by atoms with Gasteiger partial charge in [-0.1, -0.05) is 17.7 Å². The second kappa shape index (κ2) is 7.58. The maximum atomic E-state index is 12.4. The molecule has 0 saturated heterocycles. The molecule has 5 heteroatoms. The Morgan fingerprint density at radius 1 is 1.12 bits per heavy atom. The first-order chi connectivity index (χ1) is 11.3. The lowest BCUT2D eigenvalue weighted by atomic mass is 10.1. The third-order valence-corrected chi connectivity index (χ3v) is 4.09. The number of hydrogen-bond acceptors (Lipinski definition) is 3. The first-order valence-electron chi connectivity index (χ1n) is 7.70. The summed E-state index contributed by atoms with van der Waals surface area (Å²) in [7, 11) is 1.54. The highest BCUT2D eigenvalue weighted by molar-refractivity contribution is 6.31. The van der Waals surface area contributed by atoms with Crippen molar-refractivity contribution in [3.05, 3.63) is 52.0 Å². The average Bonchev–Trinajstić information content (AvgIpc) is 2.52. The van der Waals surface area contributed by atoms with Crippen LogP contribution >= 0.6 is 11.6 Å². The Bertz CT molecular complexity index is 759. The summed E-state index contributed by atoms with van der Waals surface area (Å²) in [5.41, 5.74) is 3.77. The average molecular weight is 348 g/mol. The van der Waals surface area contributed by atoms with Gasteiger partial charge in [0.1, 0.15) is 11.5 Å². The molecule has 1 N–H and O–H groups in total. The van der Waals surface area contributed by atoms with E-state index in [1.807, 2.05) is 26.8 Å². The zero-order chi connectivity index (χ0) is 17.9. The van der Waals surface area contributed by atoms with Crippen molar-refractivity contribution >= 4 is 23.2 Å². The molecule has 2 rings (SSSR count). The molecule has 0 fully saturated rings. The summed E-state index contributed by atoms with van der Waals surface area (Å²) >= 11 is 5.98. The molecule has 2 aromatic carbocycles. The molecule has 0 bridgehead atoms. The molecule has 0 aliphatic heterocycles. The van der Waals surface area contributed by atoms with Crippen LogP contribution in [0.25, 0.3) is 0 Å². The molecule has 1 amide bonds. The highest BCUT2D eigenvalue weighted by atomic mass is 35.5. The van der Waals surface area contributed by atoms with E-state index < -0.39 is 6.10 Å². The van der Waals surface area contributed by atoms with Gasteiger partial charge in [0.2, 0.25) is 0 Å². The second-order valence-electron chi connectivity index (χ2n) is 5.80. The number of halogens is 1. The van der Waals surface area contributed by atoms with Gasteiger partial charge in [-0.2, -0.15) is 0 Å². The number of anilines is 1. The molecule has 0 saturated carbocycles. The van der Waals surface area contributed by atoms with E-state index in [2.05, 4.69) is 11.4 Å². The van der Waals surface area contributed by atoms with Gasteiger partial charge in [-0.25, -0.2) is 0 Å². The van der Waals surface area contributed by atoms with Crippen LogP contribution in [0.15, 0.2) is 30.3 Å². The fourth-order valence-corrected chi connectivity index (χ4v) is 2.55. The third-order valence-electron chi connectivity index (χ3n) is 3.86. The van der Waals surface area contributed by atoms with Gasteiger partial charge in [0.25, 0.3) is 5.91 Å². The molecule has 128 valence electrons. The van der Waals surface area contributed by atoms with Crippen LogP contribution in [0.2, 0.25) is 5.02 Å². The molecule has 0 heterocycles. The number of amides is 1. The third kappa shape index (κ3) is 4.20. The molecule has 0 aliphatic carbocycles. The number of carbonyl (C=O) groups excluding carboxylic acids is 1. The lowest BCUT2D eigenvalue weighted by Gasteiger charge is -2.18. The number of nitrogens with one attached hydrogen (secondary N) is 1. The normalized spacial score (nSPS) is 11.8. The van der Waals surface area contributed by atoms with Crippen LogP contribution in [-0.2, 0) is 4.79 Å². The van der Waals surface area contributed by atoms with E-state index in [9.17, 15) is 4.79 Å². The van der Waals surface area contributed by atoms with Crippen molar-refractivity contribution in [1.29, 1.82) is 0 Å². The Kier molecular flexibility index (Phi) is 5.73. The van der Waals surface area contributed by atoms with E-state index in [-0.39, 0.29) is 5.91 Å². The van der Waals surface area contributed by atoms with Crippen LogP contribution < -0.4 is 14.8 Å².